The Labute approximate surface area is 119 Å². The monoisotopic (exact) mass is 306 g/mol. The van der Waals surface area contributed by atoms with E-state index in [4.69, 9.17) is 11.6 Å². The van der Waals surface area contributed by atoms with Crippen molar-refractivity contribution in [2.75, 3.05) is 33.0 Å². The molecule has 0 radical (unpaired) electrons. The summed E-state index contributed by atoms with van der Waals surface area (Å²) in [5.41, 5.74) is 0. The Balaban J connectivity index is 2.86. The van der Waals surface area contributed by atoms with Gasteiger partial charge in [-0.1, -0.05) is 11.6 Å². The van der Waals surface area contributed by atoms with Crippen LogP contribution in [0, 0.1) is 0 Å². The van der Waals surface area contributed by atoms with E-state index in [0.29, 0.717) is 12.4 Å². The Morgan fingerprint density at radius 1 is 1.47 bits per heavy atom. The van der Waals surface area contributed by atoms with Crippen LogP contribution in [0.3, 0.4) is 0 Å². The fourth-order valence-corrected chi connectivity index (χ4v) is 2.66. The average molecular weight is 307 g/mol. The topological polar surface area (TPSA) is 74.3 Å². The van der Waals surface area contributed by atoms with Gasteiger partial charge in [-0.2, -0.15) is 0 Å². The number of sulfonamides is 1. The molecular formula is C11H19ClN4O2S. The van der Waals surface area contributed by atoms with Crippen molar-refractivity contribution in [1.29, 1.82) is 0 Å². The van der Waals surface area contributed by atoms with Gasteiger partial charge >= 0.3 is 0 Å². The molecule has 1 rings (SSSR count). The second kappa shape index (κ2) is 6.51. The second-order valence-electron chi connectivity index (χ2n) is 4.42. The minimum absolute atomic E-state index is 0.0578. The van der Waals surface area contributed by atoms with Gasteiger partial charge in [0.25, 0.3) is 0 Å². The largest absolute Gasteiger partial charge is 0.372 e. The molecule has 0 fully saturated rings. The van der Waals surface area contributed by atoms with E-state index in [-0.39, 0.29) is 16.0 Å². The van der Waals surface area contributed by atoms with Gasteiger partial charge in [0.2, 0.25) is 10.0 Å². The maximum Gasteiger partial charge on any atom is 0.242 e. The number of nitrogens with one attached hydrogen (secondary N) is 2. The van der Waals surface area contributed by atoms with E-state index < -0.39 is 10.0 Å². The molecular weight excluding hydrogens is 288 g/mol. The van der Waals surface area contributed by atoms with Gasteiger partial charge in [-0.3, -0.25) is 0 Å². The SMILES string of the molecule is CNc1ncc(S(=O)(=O)NCC(C)N(C)C)cc1Cl. The molecule has 8 heteroatoms. The minimum Gasteiger partial charge on any atom is -0.372 e. The van der Waals surface area contributed by atoms with Crippen LogP contribution in [0.25, 0.3) is 0 Å². The number of hydrogen-bond donors (Lipinski definition) is 2. The summed E-state index contributed by atoms with van der Waals surface area (Å²) in [5, 5.41) is 3.04. The van der Waals surface area contributed by atoms with Gasteiger partial charge in [-0.15, -0.1) is 0 Å². The molecule has 0 saturated heterocycles. The van der Waals surface area contributed by atoms with E-state index in [1.807, 2.05) is 25.9 Å². The summed E-state index contributed by atoms with van der Waals surface area (Å²) in [7, 11) is 1.85. The quantitative estimate of drug-likeness (QED) is 0.820. The average Bonchev–Trinajstić information content (AvgIpc) is 2.35. The molecule has 1 aromatic heterocycles. The molecule has 0 bridgehead atoms. The predicted octanol–water partition coefficient (Wildman–Crippen LogP) is 1.01. The van der Waals surface area contributed by atoms with E-state index in [0.717, 1.165) is 0 Å². The van der Waals surface area contributed by atoms with Gasteiger partial charge in [0.1, 0.15) is 10.7 Å². The minimum atomic E-state index is -3.59. The predicted molar refractivity (Wildman–Crippen MR) is 77.1 cm³/mol. The number of hydrogen-bond acceptors (Lipinski definition) is 5. The number of likely N-dealkylation sites (N-methyl/N-ethyl adjacent to an activating group) is 1. The van der Waals surface area contributed by atoms with Crippen LogP contribution in [0.2, 0.25) is 5.02 Å². The third-order valence-electron chi connectivity index (χ3n) is 2.81. The van der Waals surface area contributed by atoms with Crippen LogP contribution in [0.1, 0.15) is 6.92 Å². The van der Waals surface area contributed by atoms with E-state index in [1.54, 1.807) is 7.05 Å². The van der Waals surface area contributed by atoms with E-state index in [1.165, 1.54) is 12.3 Å². The van der Waals surface area contributed by atoms with Gasteiger partial charge in [0.05, 0.1) is 5.02 Å². The van der Waals surface area contributed by atoms with Crippen molar-refractivity contribution in [3.63, 3.8) is 0 Å². The zero-order chi connectivity index (χ0) is 14.6. The van der Waals surface area contributed by atoms with Crippen LogP contribution >= 0.6 is 11.6 Å². The van der Waals surface area contributed by atoms with Gasteiger partial charge in [0.15, 0.2) is 0 Å². The van der Waals surface area contributed by atoms with Gasteiger partial charge in [0, 0.05) is 25.8 Å². The lowest BCUT2D eigenvalue weighted by molar-refractivity contribution is 0.314. The maximum absolute atomic E-state index is 12.1. The molecule has 0 aliphatic heterocycles. The van der Waals surface area contributed by atoms with E-state index in [9.17, 15) is 8.42 Å². The first-order valence-electron chi connectivity index (χ1n) is 5.77. The first-order valence-corrected chi connectivity index (χ1v) is 7.63. The summed E-state index contributed by atoms with van der Waals surface area (Å²) in [4.78, 5) is 5.94. The van der Waals surface area contributed by atoms with Crippen LogP contribution in [0.4, 0.5) is 5.82 Å². The molecule has 0 saturated carbocycles. The van der Waals surface area contributed by atoms with Crippen LogP contribution in [0.5, 0.6) is 0 Å². The zero-order valence-electron chi connectivity index (χ0n) is 11.4. The fourth-order valence-electron chi connectivity index (χ4n) is 1.25. The van der Waals surface area contributed by atoms with Crippen molar-refractivity contribution in [2.24, 2.45) is 0 Å². The molecule has 6 nitrogen and oxygen atoms in total. The number of halogens is 1. The third kappa shape index (κ3) is 4.31. The molecule has 0 spiro atoms. The summed E-state index contributed by atoms with van der Waals surface area (Å²) < 4.78 is 26.7. The number of anilines is 1. The standard InChI is InChI=1S/C11H19ClN4O2S/c1-8(16(3)4)6-15-19(17,18)9-5-10(12)11(13-2)14-7-9/h5,7-8,15H,6H2,1-4H3,(H,13,14). The molecule has 1 unspecified atom stereocenters. The number of aromatic nitrogens is 1. The molecule has 0 aliphatic carbocycles. The Kier molecular flexibility index (Phi) is 5.54. The molecule has 1 heterocycles. The Hall–Kier alpha value is -0.890. The van der Waals surface area contributed by atoms with Crippen molar-refractivity contribution in [2.45, 2.75) is 17.9 Å². The van der Waals surface area contributed by atoms with E-state index >= 15 is 0 Å². The smallest absolute Gasteiger partial charge is 0.242 e. The number of rotatable bonds is 6. The molecule has 2 N–H and O–H groups in total. The maximum atomic E-state index is 12.1. The molecule has 0 aliphatic rings. The highest BCUT2D eigenvalue weighted by atomic mass is 35.5. The van der Waals surface area contributed by atoms with E-state index in [2.05, 4.69) is 15.0 Å². The zero-order valence-corrected chi connectivity index (χ0v) is 13.0. The van der Waals surface area contributed by atoms with Crippen molar-refractivity contribution < 1.29 is 8.42 Å². The van der Waals surface area contributed by atoms with Crippen molar-refractivity contribution in [3.05, 3.63) is 17.3 Å². The summed E-state index contributed by atoms with van der Waals surface area (Å²) in [6.07, 6.45) is 1.28. The van der Waals surface area contributed by atoms with Crippen LogP contribution in [0.15, 0.2) is 17.2 Å². The molecule has 0 aromatic carbocycles. The highest BCUT2D eigenvalue weighted by Gasteiger charge is 2.17. The Morgan fingerprint density at radius 3 is 2.58 bits per heavy atom. The van der Waals surface area contributed by atoms with Gasteiger partial charge < -0.3 is 10.2 Å². The highest BCUT2D eigenvalue weighted by Crippen LogP contribution is 2.21. The lowest BCUT2D eigenvalue weighted by Gasteiger charge is -2.20. The van der Waals surface area contributed by atoms with Crippen molar-refractivity contribution >= 4 is 27.4 Å². The second-order valence-corrected chi connectivity index (χ2v) is 6.59. The first kappa shape index (κ1) is 16.2. The number of pyridine rings is 1. The van der Waals surface area contributed by atoms with Crippen LogP contribution in [-0.4, -0.2) is 52.0 Å². The third-order valence-corrected chi connectivity index (χ3v) is 4.49. The van der Waals surface area contributed by atoms with Gasteiger partial charge in [-0.05, 0) is 27.1 Å². The van der Waals surface area contributed by atoms with Crippen molar-refractivity contribution in [1.82, 2.24) is 14.6 Å². The molecule has 19 heavy (non-hydrogen) atoms. The molecule has 1 atom stereocenters. The summed E-state index contributed by atoms with van der Waals surface area (Å²) in [5.74, 6) is 0.447. The summed E-state index contributed by atoms with van der Waals surface area (Å²) >= 11 is 5.92. The summed E-state index contributed by atoms with van der Waals surface area (Å²) in [6.45, 7) is 2.25. The molecule has 0 amide bonds. The van der Waals surface area contributed by atoms with Gasteiger partial charge in [-0.25, -0.2) is 18.1 Å². The Morgan fingerprint density at radius 2 is 2.11 bits per heavy atom. The van der Waals surface area contributed by atoms with Crippen LogP contribution < -0.4 is 10.0 Å². The molecule has 1 aromatic rings. The fraction of sp³-hybridized carbons (Fsp3) is 0.545. The Bertz CT molecular complexity index is 533. The van der Waals surface area contributed by atoms with Crippen molar-refractivity contribution in [3.8, 4) is 0 Å². The summed E-state index contributed by atoms with van der Waals surface area (Å²) in [6, 6.07) is 1.47. The first-order chi connectivity index (χ1) is 8.77. The van der Waals surface area contributed by atoms with Crippen LogP contribution in [-0.2, 0) is 10.0 Å². The normalized spacial score (nSPS) is 13.6. The lowest BCUT2D eigenvalue weighted by Crippen LogP contribution is -2.38. The lowest BCUT2D eigenvalue weighted by atomic mass is 10.3. The molecule has 108 valence electrons. The highest BCUT2D eigenvalue weighted by molar-refractivity contribution is 7.89. The number of nitrogens with zero attached hydrogens (tertiary/aromatic N) is 2.